The Morgan fingerprint density at radius 2 is 1.00 bits per heavy atom. The minimum Gasteiger partial charge on any atom is -0.494 e. The molecule has 374 valence electrons. The zero-order valence-corrected chi connectivity index (χ0v) is 41.4. The third kappa shape index (κ3) is 25.4. The second kappa shape index (κ2) is 36.4. The molecule has 2 aliphatic carbocycles. The number of rotatable bonds is 33. The molecule has 0 N–H and O–H groups in total. The molecule has 66 heavy (non-hydrogen) atoms. The van der Waals surface area contributed by atoms with Crippen molar-refractivity contribution in [3.8, 4) is 11.5 Å². The van der Waals surface area contributed by atoms with Crippen LogP contribution in [0.5, 0.6) is 11.5 Å². The van der Waals surface area contributed by atoms with Gasteiger partial charge in [0.05, 0.1) is 63.5 Å². The maximum Gasteiger partial charge on any atom is 0.341 e. The summed E-state index contributed by atoms with van der Waals surface area (Å²) in [5.74, 6) is 1.30. The van der Waals surface area contributed by atoms with Crippen LogP contribution in [-0.2, 0) is 28.5 Å². The Morgan fingerprint density at radius 3 is 1.56 bits per heavy atom. The molecule has 2 aromatic rings. The molecule has 2 fully saturated rings. The van der Waals surface area contributed by atoms with Crippen molar-refractivity contribution in [3.05, 3.63) is 59.4 Å². The van der Waals surface area contributed by atoms with Crippen molar-refractivity contribution in [2.24, 2.45) is 11.8 Å². The Morgan fingerprint density at radius 1 is 0.515 bits per heavy atom. The van der Waals surface area contributed by atoms with Crippen LogP contribution in [0.3, 0.4) is 0 Å². The molecule has 2 aliphatic rings. The first-order valence-electron chi connectivity index (χ1n) is 26.1. The van der Waals surface area contributed by atoms with Gasteiger partial charge in [-0.25, -0.2) is 14.0 Å². The van der Waals surface area contributed by atoms with Gasteiger partial charge in [0.2, 0.25) is 0 Å². The minimum absolute atomic E-state index is 0.0805. The van der Waals surface area contributed by atoms with E-state index in [4.69, 9.17) is 28.4 Å². The van der Waals surface area contributed by atoms with Crippen LogP contribution in [0.4, 0.5) is 4.39 Å². The van der Waals surface area contributed by atoms with Crippen LogP contribution in [-0.4, -0.2) is 76.9 Å². The summed E-state index contributed by atoms with van der Waals surface area (Å²) in [5, 5.41) is 0. The highest BCUT2D eigenvalue weighted by Gasteiger charge is 2.23. The summed E-state index contributed by atoms with van der Waals surface area (Å²) in [4.78, 5) is 35.3. The molecule has 0 heterocycles. The summed E-state index contributed by atoms with van der Waals surface area (Å²) >= 11 is 0. The van der Waals surface area contributed by atoms with Crippen molar-refractivity contribution >= 4 is 17.9 Å². The summed E-state index contributed by atoms with van der Waals surface area (Å²) in [6.45, 7) is 10.0. The van der Waals surface area contributed by atoms with Crippen molar-refractivity contribution in [2.75, 3.05) is 46.8 Å². The van der Waals surface area contributed by atoms with Gasteiger partial charge in [0.25, 0.3) is 0 Å². The van der Waals surface area contributed by atoms with Gasteiger partial charge in [0.1, 0.15) is 17.3 Å². The Labute approximate surface area is 398 Å². The second-order valence-corrected chi connectivity index (χ2v) is 18.3. The smallest absolute Gasteiger partial charge is 0.341 e. The van der Waals surface area contributed by atoms with E-state index in [0.29, 0.717) is 31.7 Å². The molecule has 0 aliphatic heterocycles. The molecule has 4 rings (SSSR count). The van der Waals surface area contributed by atoms with Gasteiger partial charge in [-0.05, 0) is 144 Å². The van der Waals surface area contributed by atoms with Gasteiger partial charge in [0.15, 0.2) is 0 Å². The fourth-order valence-corrected chi connectivity index (χ4v) is 8.59. The van der Waals surface area contributed by atoms with Crippen molar-refractivity contribution in [1.29, 1.82) is 0 Å². The number of ether oxygens (including phenoxy) is 7. The van der Waals surface area contributed by atoms with Crippen LogP contribution >= 0.6 is 0 Å². The van der Waals surface area contributed by atoms with Crippen molar-refractivity contribution in [2.45, 2.75) is 200 Å². The lowest BCUT2D eigenvalue weighted by atomic mass is 9.84. The van der Waals surface area contributed by atoms with Gasteiger partial charge in [-0.3, -0.25) is 4.79 Å². The monoisotopic (exact) mass is 927 g/mol. The van der Waals surface area contributed by atoms with Crippen molar-refractivity contribution in [3.63, 3.8) is 0 Å². The lowest BCUT2D eigenvalue weighted by Gasteiger charge is -2.28. The number of hydrogen-bond donors (Lipinski definition) is 0. The summed E-state index contributed by atoms with van der Waals surface area (Å²) in [6.07, 6.45) is 29.7. The zero-order chi connectivity index (χ0) is 47.5. The molecule has 0 bridgehead atoms. The van der Waals surface area contributed by atoms with E-state index in [1.54, 1.807) is 0 Å². The topological polar surface area (TPSA) is 116 Å². The van der Waals surface area contributed by atoms with E-state index in [-0.39, 0.29) is 30.3 Å². The van der Waals surface area contributed by atoms with Crippen molar-refractivity contribution < 1.29 is 51.9 Å². The van der Waals surface area contributed by atoms with Crippen LogP contribution in [0.25, 0.3) is 0 Å². The molecular formula is C55H87FO10. The minimum atomic E-state index is -0.787. The Bertz CT molecular complexity index is 1550. The number of methoxy groups -OCH3 is 1. The first kappa shape index (κ1) is 56.6. The predicted octanol–water partition coefficient (Wildman–Crippen LogP) is 14.0. The van der Waals surface area contributed by atoms with Crippen LogP contribution in [0, 0.1) is 17.7 Å². The normalized spacial score (nSPS) is 18.1. The third-order valence-electron chi connectivity index (χ3n) is 12.8. The predicted molar refractivity (Wildman–Crippen MR) is 260 cm³/mol. The first-order chi connectivity index (χ1) is 32.3. The molecule has 11 heteroatoms. The molecule has 0 atom stereocenters. The Balaban J connectivity index is 0.000000367. The fourth-order valence-electron chi connectivity index (χ4n) is 8.59. The van der Waals surface area contributed by atoms with Gasteiger partial charge in [-0.15, -0.1) is 0 Å². The molecule has 2 aromatic carbocycles. The maximum atomic E-state index is 14.2. The van der Waals surface area contributed by atoms with Gasteiger partial charge in [-0.1, -0.05) is 85.0 Å². The maximum absolute atomic E-state index is 14.2. The van der Waals surface area contributed by atoms with Gasteiger partial charge < -0.3 is 33.2 Å². The Hall–Kier alpha value is -3.70. The lowest BCUT2D eigenvalue weighted by Crippen LogP contribution is -2.22. The third-order valence-corrected chi connectivity index (χ3v) is 12.8. The zero-order valence-electron chi connectivity index (χ0n) is 41.4. The molecule has 0 saturated heterocycles. The number of esters is 3. The number of unbranched alkanes of at least 4 members (excludes halogenated alkanes) is 9. The Kier molecular flexibility index (Phi) is 31.2. The summed E-state index contributed by atoms with van der Waals surface area (Å²) < 4.78 is 52.9. The number of carbonyl (C=O) groups excluding carboxylic acids is 3. The SMILES string of the molecule is CCCCCOc1ccc(OCCCOC2CCC(CCCCC)CC2)cc1.CCCCOC(=O)c1ccc(C(=O)OCCCCCCOC2CCC(CCCCC(=O)OC)CC2)cc1F. The molecule has 0 amide bonds. The van der Waals surface area contributed by atoms with E-state index in [0.717, 1.165) is 120 Å². The molecule has 0 aromatic heterocycles. The van der Waals surface area contributed by atoms with E-state index in [1.165, 1.54) is 103 Å². The molecule has 2 saturated carbocycles. The molecule has 10 nitrogen and oxygen atoms in total. The average molecular weight is 927 g/mol. The highest BCUT2D eigenvalue weighted by Crippen LogP contribution is 2.31. The van der Waals surface area contributed by atoms with Crippen LogP contribution < -0.4 is 9.47 Å². The summed E-state index contributed by atoms with van der Waals surface area (Å²) in [7, 11) is 1.44. The van der Waals surface area contributed by atoms with E-state index in [2.05, 4.69) is 18.6 Å². The standard InChI is InChI=1S/C30H45FO7.C25H42O3/c1-3-4-19-38-30(34)26-18-15-24(22-27(26)31)29(33)37-21-10-6-5-9-20-36-25-16-13-23(14-17-25)11-7-8-12-28(32)35-2;1-3-5-7-10-22-11-13-23(14-12-22)27-20-9-21-28-25-17-15-24(16-18-25)26-19-8-6-4-2/h15,18,22-23,25H,3-14,16-17,19-21H2,1-2H3;15-18,22-23H,3-14,19-21H2,1-2H3. The van der Waals surface area contributed by atoms with Crippen molar-refractivity contribution in [1.82, 2.24) is 0 Å². The quantitative estimate of drug-likeness (QED) is 0.0389. The second-order valence-electron chi connectivity index (χ2n) is 18.3. The number of carbonyl (C=O) groups is 3. The first-order valence-corrected chi connectivity index (χ1v) is 26.1. The molecule has 0 spiro atoms. The largest absolute Gasteiger partial charge is 0.494 e. The summed E-state index contributed by atoms with van der Waals surface area (Å²) in [6, 6.07) is 11.7. The van der Waals surface area contributed by atoms with Crippen LogP contribution in [0.1, 0.15) is 208 Å². The van der Waals surface area contributed by atoms with Gasteiger partial charge in [0, 0.05) is 19.4 Å². The summed E-state index contributed by atoms with van der Waals surface area (Å²) in [5.41, 5.74) is -0.0997. The van der Waals surface area contributed by atoms with E-state index >= 15 is 0 Å². The van der Waals surface area contributed by atoms with Gasteiger partial charge in [-0.2, -0.15) is 0 Å². The average Bonchev–Trinajstić information content (AvgIpc) is 3.34. The number of benzene rings is 2. The highest BCUT2D eigenvalue weighted by molar-refractivity contribution is 5.93. The van der Waals surface area contributed by atoms with E-state index in [1.807, 2.05) is 31.2 Å². The number of hydrogen-bond acceptors (Lipinski definition) is 10. The molecular weight excluding hydrogens is 840 g/mol. The number of halogens is 1. The van der Waals surface area contributed by atoms with Crippen LogP contribution in [0.15, 0.2) is 42.5 Å². The highest BCUT2D eigenvalue weighted by atomic mass is 19.1. The van der Waals surface area contributed by atoms with E-state index < -0.39 is 17.8 Å². The van der Waals surface area contributed by atoms with Crippen LogP contribution in [0.2, 0.25) is 0 Å². The van der Waals surface area contributed by atoms with E-state index in [9.17, 15) is 18.8 Å². The fraction of sp³-hybridized carbons (Fsp3) is 0.727. The lowest BCUT2D eigenvalue weighted by molar-refractivity contribution is -0.140. The molecule has 0 radical (unpaired) electrons. The molecule has 0 unspecified atom stereocenters. The van der Waals surface area contributed by atoms with Gasteiger partial charge >= 0.3 is 17.9 Å².